The van der Waals surface area contributed by atoms with Gasteiger partial charge in [-0.15, -0.1) is 0 Å². The minimum absolute atomic E-state index is 0.0726. The third kappa shape index (κ3) is 7.78. The zero-order valence-electron chi connectivity index (χ0n) is 25.7. The fourth-order valence-corrected chi connectivity index (χ4v) is 6.50. The Morgan fingerprint density at radius 2 is 1.84 bits per heavy atom. The van der Waals surface area contributed by atoms with Crippen molar-refractivity contribution in [2.45, 2.75) is 50.6 Å². The van der Waals surface area contributed by atoms with Crippen molar-refractivity contribution in [1.82, 2.24) is 15.5 Å². The Bertz CT molecular complexity index is 1330. The van der Waals surface area contributed by atoms with Crippen LogP contribution in [0.5, 0.6) is 11.5 Å². The molecule has 5 rings (SSSR count). The summed E-state index contributed by atoms with van der Waals surface area (Å²) in [5.41, 5.74) is 0.952. The van der Waals surface area contributed by atoms with Crippen LogP contribution in [0.15, 0.2) is 60.7 Å². The van der Waals surface area contributed by atoms with Crippen molar-refractivity contribution in [2.75, 3.05) is 52.4 Å². The molecule has 44 heavy (non-hydrogen) atoms. The fourth-order valence-electron chi connectivity index (χ4n) is 6.50. The highest BCUT2D eigenvalue weighted by Gasteiger charge is 2.41. The molecule has 2 saturated heterocycles. The van der Waals surface area contributed by atoms with Gasteiger partial charge in [0.15, 0.2) is 0 Å². The zero-order chi connectivity index (χ0) is 30.9. The summed E-state index contributed by atoms with van der Waals surface area (Å²) >= 11 is 0. The molecule has 3 aliphatic rings. The molecule has 0 aliphatic carbocycles. The number of fused-ring (bicyclic) bond motifs is 1. The number of benzene rings is 2. The number of ether oxygens (including phenoxy) is 3. The first-order chi connectivity index (χ1) is 21.4. The van der Waals surface area contributed by atoms with Crippen LogP contribution in [-0.2, 0) is 25.5 Å². The van der Waals surface area contributed by atoms with Gasteiger partial charge >= 0.3 is 0 Å². The van der Waals surface area contributed by atoms with Crippen molar-refractivity contribution >= 4 is 23.4 Å². The van der Waals surface area contributed by atoms with Crippen molar-refractivity contribution in [1.29, 1.82) is 0 Å². The lowest BCUT2D eigenvalue weighted by Crippen LogP contribution is -2.58. The smallest absolute Gasteiger partial charge is 0.243 e. The van der Waals surface area contributed by atoms with Gasteiger partial charge < -0.3 is 30.2 Å². The summed E-state index contributed by atoms with van der Waals surface area (Å²) in [5.74, 6) is 0.912. The number of hydrogen-bond donors (Lipinski definition) is 3. The van der Waals surface area contributed by atoms with E-state index in [0.29, 0.717) is 75.6 Å². The molecule has 0 aromatic heterocycles. The lowest BCUT2D eigenvalue weighted by molar-refractivity contribution is -0.140. The number of anilines is 1. The maximum Gasteiger partial charge on any atom is 0.243 e. The third-order valence-electron chi connectivity index (χ3n) is 9.14. The maximum absolute atomic E-state index is 13.8. The van der Waals surface area contributed by atoms with Gasteiger partial charge in [-0.25, -0.2) is 0 Å². The molecule has 1 spiro atoms. The Labute approximate surface area is 259 Å². The highest BCUT2D eigenvalue weighted by atomic mass is 16.5. The second-order valence-electron chi connectivity index (χ2n) is 12.0. The lowest BCUT2D eigenvalue weighted by Gasteiger charge is -2.40. The molecule has 3 aliphatic heterocycles. The van der Waals surface area contributed by atoms with Gasteiger partial charge in [-0.05, 0) is 55.7 Å². The molecule has 236 valence electrons. The monoisotopic (exact) mass is 604 g/mol. The van der Waals surface area contributed by atoms with Crippen LogP contribution in [-0.4, -0.2) is 81.8 Å². The molecular weight excluding hydrogens is 560 g/mol. The summed E-state index contributed by atoms with van der Waals surface area (Å²) in [7, 11) is 3.14. The largest absolute Gasteiger partial charge is 0.497 e. The van der Waals surface area contributed by atoms with Gasteiger partial charge in [0, 0.05) is 44.8 Å². The maximum atomic E-state index is 13.8. The number of piperidine rings is 1. The molecular formula is C34H44N4O6. The normalized spacial score (nSPS) is 24.9. The number of rotatable bonds is 7. The van der Waals surface area contributed by atoms with Crippen LogP contribution in [0, 0.1) is 11.3 Å². The molecule has 10 nitrogen and oxygen atoms in total. The van der Waals surface area contributed by atoms with Crippen LogP contribution in [0.3, 0.4) is 0 Å². The minimum atomic E-state index is -0.685. The predicted octanol–water partition coefficient (Wildman–Crippen LogP) is 3.32. The molecule has 2 aromatic carbocycles. The number of carbonyl (C=O) groups excluding carboxylic acids is 3. The molecule has 2 fully saturated rings. The van der Waals surface area contributed by atoms with Gasteiger partial charge in [0.1, 0.15) is 17.5 Å². The SMILES string of the molecule is COc1ccc(OC)c(NC(=O)CN2CC[C@@H]3NC(=O)[C@@H](Cc4ccccc4)NC(=O)C4(C/C=C/C[C@@H]3C2)CCOCC4)c1. The summed E-state index contributed by atoms with van der Waals surface area (Å²) in [6.07, 6.45) is 7.97. The highest BCUT2D eigenvalue weighted by molar-refractivity contribution is 5.94. The van der Waals surface area contributed by atoms with Crippen molar-refractivity contribution in [3.63, 3.8) is 0 Å². The minimum Gasteiger partial charge on any atom is -0.497 e. The zero-order valence-corrected chi connectivity index (χ0v) is 25.7. The van der Waals surface area contributed by atoms with Crippen molar-refractivity contribution in [3.8, 4) is 11.5 Å². The lowest BCUT2D eigenvalue weighted by atomic mass is 9.75. The summed E-state index contributed by atoms with van der Waals surface area (Å²) in [6.45, 7) is 2.59. The number of likely N-dealkylation sites (tertiary alicyclic amines) is 1. The molecule has 3 atom stereocenters. The van der Waals surface area contributed by atoms with Gasteiger partial charge in [0.25, 0.3) is 0 Å². The summed E-state index contributed by atoms with van der Waals surface area (Å²) in [4.78, 5) is 42.8. The molecule has 2 aromatic rings. The standard InChI is InChI=1S/C34H44N4O6/c1-42-26-11-12-30(43-2)28(21-26)35-31(39)23-38-17-13-27-25(22-38)10-6-7-14-34(15-18-44-19-16-34)33(41)37-29(32(40)36-27)20-24-8-4-3-5-9-24/h3-9,11-12,21,25,27,29H,10,13-20,22-23H2,1-2H3,(H,35,39)(H,36,40)(H,37,41)/b7-6+/t25-,27+,29-/m1/s1. The molecule has 0 bridgehead atoms. The van der Waals surface area contributed by atoms with E-state index in [1.54, 1.807) is 32.4 Å². The third-order valence-corrected chi connectivity index (χ3v) is 9.14. The summed E-state index contributed by atoms with van der Waals surface area (Å²) < 4.78 is 16.3. The Hall–Kier alpha value is -3.89. The Kier molecular flexibility index (Phi) is 10.6. The van der Waals surface area contributed by atoms with E-state index < -0.39 is 11.5 Å². The number of methoxy groups -OCH3 is 2. The summed E-state index contributed by atoms with van der Waals surface area (Å²) in [6, 6.07) is 14.3. The van der Waals surface area contributed by atoms with Gasteiger partial charge in [0.05, 0.1) is 31.9 Å². The number of nitrogens with one attached hydrogen (secondary N) is 3. The fraction of sp³-hybridized carbons (Fsp3) is 0.500. The van der Waals surface area contributed by atoms with E-state index in [1.807, 2.05) is 30.3 Å². The first kappa shape index (κ1) is 31.5. The van der Waals surface area contributed by atoms with Gasteiger partial charge in [-0.3, -0.25) is 19.3 Å². The number of nitrogens with zero attached hydrogens (tertiary/aromatic N) is 1. The molecule has 3 amide bonds. The van der Waals surface area contributed by atoms with E-state index in [-0.39, 0.29) is 36.2 Å². The van der Waals surface area contributed by atoms with Crippen molar-refractivity contribution in [3.05, 3.63) is 66.2 Å². The van der Waals surface area contributed by atoms with E-state index >= 15 is 0 Å². The molecule has 10 heteroatoms. The van der Waals surface area contributed by atoms with E-state index in [9.17, 15) is 14.4 Å². The number of hydrogen-bond acceptors (Lipinski definition) is 7. The average Bonchev–Trinajstić information content (AvgIpc) is 3.04. The molecule has 0 unspecified atom stereocenters. The van der Waals surface area contributed by atoms with Crippen LogP contribution in [0.25, 0.3) is 0 Å². The first-order valence-corrected chi connectivity index (χ1v) is 15.5. The van der Waals surface area contributed by atoms with Crippen LogP contribution in [0.2, 0.25) is 0 Å². The second kappa shape index (κ2) is 14.7. The van der Waals surface area contributed by atoms with Crippen molar-refractivity contribution < 1.29 is 28.6 Å². The average molecular weight is 605 g/mol. The van der Waals surface area contributed by atoms with E-state index in [0.717, 1.165) is 12.0 Å². The second-order valence-corrected chi connectivity index (χ2v) is 12.0. The molecule has 3 N–H and O–H groups in total. The van der Waals surface area contributed by atoms with Gasteiger partial charge in [0.2, 0.25) is 17.7 Å². The highest BCUT2D eigenvalue weighted by Crippen LogP contribution is 2.36. The van der Waals surface area contributed by atoms with Crippen LogP contribution >= 0.6 is 0 Å². The number of amides is 3. The van der Waals surface area contributed by atoms with Crippen LogP contribution in [0.1, 0.15) is 37.7 Å². The van der Waals surface area contributed by atoms with Crippen LogP contribution < -0.4 is 25.4 Å². The molecule has 0 radical (unpaired) electrons. The summed E-state index contributed by atoms with van der Waals surface area (Å²) in [5, 5.41) is 9.40. The Morgan fingerprint density at radius 3 is 2.59 bits per heavy atom. The number of carbonyl (C=O) groups is 3. The van der Waals surface area contributed by atoms with E-state index in [2.05, 4.69) is 33.0 Å². The Morgan fingerprint density at radius 1 is 1.05 bits per heavy atom. The van der Waals surface area contributed by atoms with Gasteiger partial charge in [-0.2, -0.15) is 0 Å². The first-order valence-electron chi connectivity index (χ1n) is 15.5. The predicted molar refractivity (Wildman–Crippen MR) is 168 cm³/mol. The quantitative estimate of drug-likeness (QED) is 0.415. The molecule has 3 heterocycles. The number of allylic oxidation sites excluding steroid dienone is 2. The van der Waals surface area contributed by atoms with Crippen LogP contribution in [0.4, 0.5) is 5.69 Å². The van der Waals surface area contributed by atoms with Crippen molar-refractivity contribution in [2.24, 2.45) is 11.3 Å². The van der Waals surface area contributed by atoms with Gasteiger partial charge in [-0.1, -0.05) is 42.5 Å². The topological polar surface area (TPSA) is 118 Å². The molecule has 0 saturated carbocycles. The van der Waals surface area contributed by atoms with E-state index in [4.69, 9.17) is 14.2 Å². The van der Waals surface area contributed by atoms with E-state index in [1.165, 1.54) is 0 Å². The Balaban J connectivity index is 1.31.